The molecule has 1 aliphatic heterocycles. The minimum Gasteiger partial charge on any atom is -0.374 e. The topological polar surface area (TPSA) is 73.1 Å². The third-order valence-electron chi connectivity index (χ3n) is 4.71. The molecule has 2 fully saturated rings. The van der Waals surface area contributed by atoms with Crippen molar-refractivity contribution in [2.75, 3.05) is 13.2 Å². The fourth-order valence-electron chi connectivity index (χ4n) is 3.56. The van der Waals surface area contributed by atoms with Crippen LogP contribution in [0.25, 0.3) is 5.69 Å². The van der Waals surface area contributed by atoms with Gasteiger partial charge in [-0.2, -0.15) is 0 Å². The second-order valence-corrected chi connectivity index (χ2v) is 6.09. The van der Waals surface area contributed by atoms with Crippen LogP contribution in [0.1, 0.15) is 24.8 Å². The molecule has 0 radical (unpaired) electrons. The molecule has 1 saturated heterocycles. The Bertz CT molecular complexity index is 670. The number of ether oxygens (including phenoxy) is 1. The van der Waals surface area contributed by atoms with Gasteiger partial charge in [0.25, 0.3) is 0 Å². The van der Waals surface area contributed by atoms with Crippen molar-refractivity contribution in [2.45, 2.75) is 37.8 Å². The summed E-state index contributed by atoms with van der Waals surface area (Å²) in [6.45, 7) is 1.37. The highest BCUT2D eigenvalue weighted by Gasteiger charge is 2.38. The summed E-state index contributed by atoms with van der Waals surface area (Å²) in [4.78, 5) is 14.7. The Labute approximate surface area is 134 Å². The van der Waals surface area contributed by atoms with Crippen LogP contribution in [-0.2, 0) is 16.0 Å². The van der Waals surface area contributed by atoms with Gasteiger partial charge >= 0.3 is 0 Å². The fourth-order valence-corrected chi connectivity index (χ4v) is 3.56. The average molecular weight is 313 g/mol. The first-order valence-corrected chi connectivity index (χ1v) is 8.04. The molecule has 7 nitrogen and oxygen atoms in total. The van der Waals surface area contributed by atoms with Gasteiger partial charge in [-0.3, -0.25) is 4.79 Å². The number of hydrogen-bond acceptors (Lipinski definition) is 5. The van der Waals surface area contributed by atoms with E-state index in [2.05, 4.69) is 15.5 Å². The molecule has 0 spiro atoms. The SMILES string of the molecule is O=C(Cc1ccc(-n2cnnn2)cc1)N1CCO[C@H]2CCC[C@H]21. The Morgan fingerprint density at radius 1 is 1.26 bits per heavy atom. The lowest BCUT2D eigenvalue weighted by atomic mass is 10.1. The first-order valence-electron chi connectivity index (χ1n) is 8.04. The van der Waals surface area contributed by atoms with Crippen molar-refractivity contribution in [2.24, 2.45) is 0 Å². The molecule has 1 aliphatic carbocycles. The summed E-state index contributed by atoms with van der Waals surface area (Å²) in [5.41, 5.74) is 1.89. The van der Waals surface area contributed by atoms with Gasteiger partial charge in [-0.1, -0.05) is 12.1 Å². The van der Waals surface area contributed by atoms with Crippen molar-refractivity contribution in [1.29, 1.82) is 0 Å². The minimum atomic E-state index is 0.195. The Morgan fingerprint density at radius 2 is 2.13 bits per heavy atom. The van der Waals surface area contributed by atoms with Crippen LogP contribution in [0.15, 0.2) is 30.6 Å². The number of rotatable bonds is 3. The maximum atomic E-state index is 12.7. The number of aromatic nitrogens is 4. The van der Waals surface area contributed by atoms with Gasteiger partial charge in [-0.25, -0.2) is 4.68 Å². The molecule has 4 rings (SSSR count). The van der Waals surface area contributed by atoms with Crippen LogP contribution in [0.4, 0.5) is 0 Å². The molecule has 23 heavy (non-hydrogen) atoms. The van der Waals surface area contributed by atoms with E-state index in [1.54, 1.807) is 11.0 Å². The molecule has 7 heteroatoms. The third-order valence-corrected chi connectivity index (χ3v) is 4.71. The van der Waals surface area contributed by atoms with Crippen LogP contribution in [0.2, 0.25) is 0 Å². The number of hydrogen-bond donors (Lipinski definition) is 0. The highest BCUT2D eigenvalue weighted by molar-refractivity contribution is 5.79. The molecule has 0 unspecified atom stereocenters. The number of carbonyl (C=O) groups is 1. The van der Waals surface area contributed by atoms with Gasteiger partial charge < -0.3 is 9.64 Å². The van der Waals surface area contributed by atoms with E-state index in [4.69, 9.17) is 4.74 Å². The lowest BCUT2D eigenvalue weighted by molar-refractivity contribution is -0.143. The molecular formula is C16H19N5O2. The Kier molecular flexibility index (Phi) is 3.78. The molecule has 2 atom stereocenters. The summed E-state index contributed by atoms with van der Waals surface area (Å²) in [5, 5.41) is 11.1. The lowest BCUT2D eigenvalue weighted by Gasteiger charge is -2.37. The third kappa shape index (κ3) is 2.84. The van der Waals surface area contributed by atoms with Gasteiger partial charge in [0, 0.05) is 6.54 Å². The van der Waals surface area contributed by atoms with Crippen LogP contribution in [0.3, 0.4) is 0 Å². The summed E-state index contributed by atoms with van der Waals surface area (Å²) in [6, 6.07) is 8.05. The monoisotopic (exact) mass is 313 g/mol. The van der Waals surface area contributed by atoms with E-state index in [-0.39, 0.29) is 18.1 Å². The van der Waals surface area contributed by atoms with Crippen molar-refractivity contribution >= 4 is 5.91 Å². The summed E-state index contributed by atoms with van der Waals surface area (Å²) in [5.74, 6) is 0.195. The second-order valence-electron chi connectivity index (χ2n) is 6.09. The second kappa shape index (κ2) is 6.08. The summed E-state index contributed by atoms with van der Waals surface area (Å²) >= 11 is 0. The summed E-state index contributed by atoms with van der Waals surface area (Å²) < 4.78 is 7.37. The molecule has 0 bridgehead atoms. The number of nitrogens with zero attached hydrogens (tertiary/aromatic N) is 5. The van der Waals surface area contributed by atoms with Crippen LogP contribution >= 0.6 is 0 Å². The largest absolute Gasteiger partial charge is 0.374 e. The number of carbonyl (C=O) groups excluding carboxylic acids is 1. The lowest BCUT2D eigenvalue weighted by Crippen LogP contribution is -2.51. The fraction of sp³-hybridized carbons (Fsp3) is 0.500. The molecule has 2 heterocycles. The molecule has 1 aromatic carbocycles. The van der Waals surface area contributed by atoms with Crippen LogP contribution in [0.5, 0.6) is 0 Å². The van der Waals surface area contributed by atoms with E-state index < -0.39 is 0 Å². The molecule has 1 amide bonds. The quantitative estimate of drug-likeness (QED) is 0.845. The van der Waals surface area contributed by atoms with Crippen molar-refractivity contribution in [3.63, 3.8) is 0 Å². The maximum Gasteiger partial charge on any atom is 0.227 e. The number of benzene rings is 1. The standard InChI is InChI=1S/C16H19N5O2/c22-16(20-8-9-23-15-3-1-2-14(15)20)10-12-4-6-13(7-5-12)21-11-17-18-19-21/h4-7,11,14-15H,1-3,8-10H2/t14-,15+/m1/s1. The molecule has 1 aromatic heterocycles. The van der Waals surface area contributed by atoms with Crippen LogP contribution < -0.4 is 0 Å². The van der Waals surface area contributed by atoms with Gasteiger partial charge in [0.2, 0.25) is 5.91 Å². The number of amides is 1. The first kappa shape index (κ1) is 14.3. The molecule has 2 aromatic rings. The Hall–Kier alpha value is -2.28. The van der Waals surface area contributed by atoms with E-state index in [1.807, 2.05) is 29.2 Å². The number of morpholine rings is 1. The summed E-state index contributed by atoms with van der Waals surface area (Å²) in [7, 11) is 0. The van der Waals surface area contributed by atoms with E-state index in [9.17, 15) is 4.79 Å². The van der Waals surface area contributed by atoms with E-state index >= 15 is 0 Å². The first-order chi connectivity index (χ1) is 11.3. The van der Waals surface area contributed by atoms with Crippen LogP contribution in [0, 0.1) is 0 Å². The van der Waals surface area contributed by atoms with Crippen molar-refractivity contribution in [3.05, 3.63) is 36.2 Å². The van der Waals surface area contributed by atoms with Gasteiger partial charge in [0.05, 0.1) is 30.9 Å². The zero-order valence-corrected chi connectivity index (χ0v) is 12.8. The van der Waals surface area contributed by atoms with Gasteiger partial charge in [-0.05, 0) is 47.4 Å². The zero-order valence-electron chi connectivity index (χ0n) is 12.8. The number of tetrazole rings is 1. The predicted molar refractivity (Wildman–Crippen MR) is 82.0 cm³/mol. The van der Waals surface area contributed by atoms with Gasteiger partial charge in [0.15, 0.2) is 0 Å². The van der Waals surface area contributed by atoms with Crippen molar-refractivity contribution < 1.29 is 9.53 Å². The number of fused-ring (bicyclic) bond motifs is 1. The molecule has 0 N–H and O–H groups in total. The zero-order chi connectivity index (χ0) is 15.6. The highest BCUT2D eigenvalue weighted by atomic mass is 16.5. The van der Waals surface area contributed by atoms with E-state index in [1.165, 1.54) is 0 Å². The van der Waals surface area contributed by atoms with Crippen LogP contribution in [-0.4, -0.2) is 56.3 Å². The Balaban J connectivity index is 1.44. The summed E-state index contributed by atoms with van der Waals surface area (Å²) in [6.07, 6.45) is 5.52. The van der Waals surface area contributed by atoms with E-state index in [0.717, 1.165) is 30.5 Å². The van der Waals surface area contributed by atoms with Gasteiger partial charge in [-0.15, -0.1) is 5.10 Å². The van der Waals surface area contributed by atoms with Crippen molar-refractivity contribution in [1.82, 2.24) is 25.1 Å². The van der Waals surface area contributed by atoms with Crippen molar-refractivity contribution in [3.8, 4) is 5.69 Å². The molecule has 1 saturated carbocycles. The predicted octanol–water partition coefficient (Wildman–Crippen LogP) is 0.985. The van der Waals surface area contributed by atoms with E-state index in [0.29, 0.717) is 19.6 Å². The Morgan fingerprint density at radius 3 is 2.91 bits per heavy atom. The molecule has 2 aliphatic rings. The normalized spacial score (nSPS) is 23.7. The average Bonchev–Trinajstić information content (AvgIpc) is 3.26. The smallest absolute Gasteiger partial charge is 0.227 e. The maximum absolute atomic E-state index is 12.7. The minimum absolute atomic E-state index is 0.195. The van der Waals surface area contributed by atoms with Gasteiger partial charge in [0.1, 0.15) is 6.33 Å². The highest BCUT2D eigenvalue weighted by Crippen LogP contribution is 2.30. The molecule has 120 valence electrons. The molecular weight excluding hydrogens is 294 g/mol.